The van der Waals surface area contributed by atoms with Gasteiger partial charge in [-0.2, -0.15) is 10.5 Å². The maximum absolute atomic E-state index is 12.9. The number of hydrogen-bond acceptors (Lipinski definition) is 6. The first-order chi connectivity index (χ1) is 11.6. The Morgan fingerprint density at radius 3 is 2.88 bits per heavy atom. The molecule has 3 aromatic heterocycles. The zero-order valence-electron chi connectivity index (χ0n) is 13.0. The van der Waals surface area contributed by atoms with Crippen LogP contribution in [-0.2, 0) is 6.54 Å². The van der Waals surface area contributed by atoms with E-state index < -0.39 is 0 Å². The third-order valence-electron chi connectivity index (χ3n) is 3.77. The van der Waals surface area contributed by atoms with Crippen LogP contribution < -0.4 is 5.56 Å². The Morgan fingerprint density at radius 1 is 1.38 bits per heavy atom. The number of fused-ring (bicyclic) bond motifs is 1. The highest BCUT2D eigenvalue weighted by molar-refractivity contribution is 7.19. The van der Waals surface area contributed by atoms with E-state index in [0.29, 0.717) is 23.1 Å². The van der Waals surface area contributed by atoms with Crippen LogP contribution in [0.15, 0.2) is 28.6 Å². The first-order valence-corrected chi connectivity index (χ1v) is 9.13. The summed E-state index contributed by atoms with van der Waals surface area (Å²) in [4.78, 5) is 20.2. The Kier molecular flexibility index (Phi) is 4.75. The van der Waals surface area contributed by atoms with Gasteiger partial charge in [0.25, 0.3) is 5.56 Å². The van der Waals surface area contributed by atoms with Crippen molar-refractivity contribution in [2.45, 2.75) is 26.3 Å². The number of nitrogens with zero attached hydrogens (tertiary/aromatic N) is 4. The molecular formula is C17H14N4OS2. The van der Waals surface area contributed by atoms with Gasteiger partial charge in [0.1, 0.15) is 4.83 Å². The molecule has 3 heterocycles. The number of aryl methyl sites for hydroxylation is 1. The fraction of sp³-hybridized carbons (Fsp3) is 0.294. The molecule has 7 heteroatoms. The van der Waals surface area contributed by atoms with Gasteiger partial charge in [-0.15, -0.1) is 22.7 Å². The van der Waals surface area contributed by atoms with E-state index >= 15 is 0 Å². The fourth-order valence-electron chi connectivity index (χ4n) is 2.53. The average molecular weight is 354 g/mol. The van der Waals surface area contributed by atoms with Crippen LogP contribution in [0.4, 0.5) is 0 Å². The van der Waals surface area contributed by atoms with E-state index in [1.54, 1.807) is 11.3 Å². The van der Waals surface area contributed by atoms with Crippen molar-refractivity contribution in [1.29, 1.82) is 10.5 Å². The van der Waals surface area contributed by atoms with Crippen LogP contribution in [0.1, 0.15) is 17.7 Å². The van der Waals surface area contributed by atoms with Crippen molar-refractivity contribution in [2.24, 2.45) is 5.92 Å². The molecule has 0 fully saturated rings. The molecule has 0 saturated carbocycles. The van der Waals surface area contributed by atoms with E-state index in [1.165, 1.54) is 27.1 Å². The smallest absolute Gasteiger partial charge is 0.262 e. The molecule has 0 aromatic carbocycles. The lowest BCUT2D eigenvalue weighted by molar-refractivity contribution is 0.499. The van der Waals surface area contributed by atoms with Crippen molar-refractivity contribution >= 4 is 32.9 Å². The van der Waals surface area contributed by atoms with E-state index in [0.717, 1.165) is 10.4 Å². The molecular weight excluding hydrogens is 340 g/mol. The van der Waals surface area contributed by atoms with E-state index in [9.17, 15) is 10.1 Å². The van der Waals surface area contributed by atoms with Gasteiger partial charge >= 0.3 is 0 Å². The highest BCUT2D eigenvalue weighted by Gasteiger charge is 2.16. The predicted octanol–water partition coefficient (Wildman–Crippen LogP) is 3.94. The standard InChI is InChI=1S/C17H14N4OS2/c1-11-4-5-14(24-11)13-9-23-16-15(13)17(22)21(10-20-16)8-12(7-19)3-2-6-18/h4-5,9-10,12H,2-3,8H2,1H3. The number of nitriles is 2. The van der Waals surface area contributed by atoms with Crippen molar-refractivity contribution in [1.82, 2.24) is 9.55 Å². The highest BCUT2D eigenvalue weighted by atomic mass is 32.1. The van der Waals surface area contributed by atoms with Gasteiger partial charge in [0.15, 0.2) is 0 Å². The van der Waals surface area contributed by atoms with Crippen LogP contribution >= 0.6 is 22.7 Å². The number of aromatic nitrogens is 2. The summed E-state index contributed by atoms with van der Waals surface area (Å²) in [6.45, 7) is 2.30. The number of thiophene rings is 2. The van der Waals surface area contributed by atoms with Gasteiger partial charge < -0.3 is 0 Å². The molecule has 0 aliphatic rings. The molecule has 24 heavy (non-hydrogen) atoms. The summed E-state index contributed by atoms with van der Waals surface area (Å²) in [5.41, 5.74) is 0.782. The summed E-state index contributed by atoms with van der Waals surface area (Å²) in [6, 6.07) is 8.26. The average Bonchev–Trinajstić information content (AvgIpc) is 3.19. The maximum atomic E-state index is 12.9. The first kappa shape index (κ1) is 16.4. The maximum Gasteiger partial charge on any atom is 0.262 e. The molecule has 0 N–H and O–H groups in total. The second-order valence-corrected chi connectivity index (χ2v) is 7.61. The predicted molar refractivity (Wildman–Crippen MR) is 95.9 cm³/mol. The summed E-state index contributed by atoms with van der Waals surface area (Å²) in [5.74, 6) is -0.368. The number of hydrogen-bond donors (Lipinski definition) is 0. The molecule has 3 rings (SSSR count). The molecule has 0 aliphatic heterocycles. The second-order valence-electron chi connectivity index (χ2n) is 5.46. The molecule has 3 aromatic rings. The molecule has 0 radical (unpaired) electrons. The monoisotopic (exact) mass is 354 g/mol. The summed E-state index contributed by atoms with van der Waals surface area (Å²) in [7, 11) is 0. The first-order valence-electron chi connectivity index (χ1n) is 7.44. The van der Waals surface area contributed by atoms with E-state index in [2.05, 4.69) is 11.1 Å². The molecule has 0 bridgehead atoms. The van der Waals surface area contributed by atoms with Crippen LogP contribution in [0.25, 0.3) is 20.7 Å². The second kappa shape index (κ2) is 6.96. The van der Waals surface area contributed by atoms with Crippen LogP contribution in [-0.4, -0.2) is 9.55 Å². The van der Waals surface area contributed by atoms with E-state index in [-0.39, 0.29) is 18.0 Å². The molecule has 0 spiro atoms. The molecule has 0 saturated heterocycles. The molecule has 1 atom stereocenters. The van der Waals surface area contributed by atoms with E-state index in [4.69, 9.17) is 5.26 Å². The minimum atomic E-state index is -0.368. The van der Waals surface area contributed by atoms with E-state index in [1.807, 2.05) is 30.5 Å². The third-order valence-corrected chi connectivity index (χ3v) is 5.69. The number of rotatable bonds is 5. The quantitative estimate of drug-likeness (QED) is 0.695. The van der Waals surface area contributed by atoms with Gasteiger partial charge in [-0.05, 0) is 25.5 Å². The Bertz CT molecular complexity index is 1020. The van der Waals surface area contributed by atoms with Crippen molar-refractivity contribution in [3.8, 4) is 22.6 Å². The zero-order valence-corrected chi connectivity index (χ0v) is 14.7. The van der Waals surface area contributed by atoms with Crippen LogP contribution in [0.2, 0.25) is 0 Å². The Balaban J connectivity index is 2.03. The lowest BCUT2D eigenvalue weighted by atomic mass is 10.1. The Hall–Kier alpha value is -2.48. The Morgan fingerprint density at radius 2 is 2.21 bits per heavy atom. The molecule has 0 amide bonds. The lowest BCUT2D eigenvalue weighted by Gasteiger charge is -2.09. The molecule has 1 unspecified atom stereocenters. The normalized spacial score (nSPS) is 12.0. The van der Waals surface area contributed by atoms with Crippen LogP contribution in [0.5, 0.6) is 0 Å². The topological polar surface area (TPSA) is 82.5 Å². The van der Waals surface area contributed by atoms with Crippen molar-refractivity contribution in [2.75, 3.05) is 0 Å². The summed E-state index contributed by atoms with van der Waals surface area (Å²) in [6.07, 6.45) is 2.26. The van der Waals surface area contributed by atoms with Crippen molar-refractivity contribution in [3.63, 3.8) is 0 Å². The Labute approximate surface area is 147 Å². The molecule has 120 valence electrons. The minimum Gasteiger partial charge on any atom is -0.297 e. The lowest BCUT2D eigenvalue weighted by Crippen LogP contribution is -2.24. The minimum absolute atomic E-state index is 0.125. The van der Waals surface area contributed by atoms with Crippen molar-refractivity contribution < 1.29 is 0 Å². The van der Waals surface area contributed by atoms with Crippen LogP contribution in [0.3, 0.4) is 0 Å². The van der Waals surface area contributed by atoms with Gasteiger partial charge in [0, 0.05) is 33.7 Å². The summed E-state index contributed by atoms with van der Waals surface area (Å²) < 4.78 is 1.49. The van der Waals surface area contributed by atoms with Gasteiger partial charge in [-0.1, -0.05) is 0 Å². The molecule has 5 nitrogen and oxygen atoms in total. The zero-order chi connectivity index (χ0) is 17.1. The van der Waals surface area contributed by atoms with Crippen LogP contribution in [0, 0.1) is 35.5 Å². The SMILES string of the molecule is Cc1ccc(-c2csc3ncn(CC(C#N)CCC#N)c(=O)c23)s1. The highest BCUT2D eigenvalue weighted by Crippen LogP contribution is 2.34. The summed E-state index contributed by atoms with van der Waals surface area (Å²) in [5, 5.41) is 20.5. The van der Waals surface area contributed by atoms with Gasteiger partial charge in [0.05, 0.1) is 29.8 Å². The van der Waals surface area contributed by atoms with Crippen molar-refractivity contribution in [3.05, 3.63) is 39.1 Å². The third kappa shape index (κ3) is 3.09. The van der Waals surface area contributed by atoms with Gasteiger partial charge in [-0.3, -0.25) is 9.36 Å². The van der Waals surface area contributed by atoms with Gasteiger partial charge in [0.2, 0.25) is 0 Å². The largest absolute Gasteiger partial charge is 0.297 e. The molecule has 0 aliphatic carbocycles. The summed E-state index contributed by atoms with van der Waals surface area (Å²) >= 11 is 3.10. The fourth-order valence-corrected chi connectivity index (χ4v) is 4.39. The van der Waals surface area contributed by atoms with Gasteiger partial charge in [-0.25, -0.2) is 4.98 Å².